The van der Waals surface area contributed by atoms with Gasteiger partial charge in [0.05, 0.1) is 6.26 Å². The Balaban J connectivity index is 1.54. The van der Waals surface area contributed by atoms with Crippen molar-refractivity contribution in [2.75, 3.05) is 11.9 Å². The van der Waals surface area contributed by atoms with Crippen molar-refractivity contribution in [1.82, 2.24) is 10.6 Å². The van der Waals surface area contributed by atoms with E-state index in [4.69, 9.17) is 4.42 Å². The molecular weight excluding hydrogens is 356 g/mol. The van der Waals surface area contributed by atoms with E-state index in [0.717, 1.165) is 0 Å². The van der Waals surface area contributed by atoms with E-state index in [1.165, 1.54) is 36.6 Å². The molecule has 3 aromatic rings. The SMILES string of the molecule is O=C(Nc1ccc(F)cc1)NC1C(=O)NCC1c1cc2ccoc2cc1F. The van der Waals surface area contributed by atoms with Crippen LogP contribution in [0.4, 0.5) is 19.3 Å². The zero-order chi connectivity index (χ0) is 19.0. The van der Waals surface area contributed by atoms with E-state index < -0.39 is 35.5 Å². The number of carbonyl (C=O) groups is 2. The van der Waals surface area contributed by atoms with Gasteiger partial charge in [0.15, 0.2) is 0 Å². The Morgan fingerprint density at radius 3 is 2.70 bits per heavy atom. The second kappa shape index (κ2) is 6.71. The minimum atomic E-state index is -0.940. The third kappa shape index (κ3) is 3.33. The maximum absolute atomic E-state index is 14.5. The molecule has 0 bridgehead atoms. The van der Waals surface area contributed by atoms with Gasteiger partial charge in [0, 0.05) is 29.6 Å². The van der Waals surface area contributed by atoms with Crippen LogP contribution < -0.4 is 16.0 Å². The first-order valence-corrected chi connectivity index (χ1v) is 8.29. The molecule has 3 N–H and O–H groups in total. The molecule has 1 aromatic heterocycles. The maximum atomic E-state index is 14.5. The average Bonchev–Trinajstić information content (AvgIpc) is 3.23. The summed E-state index contributed by atoms with van der Waals surface area (Å²) in [6.45, 7) is 0.195. The van der Waals surface area contributed by atoms with Crippen LogP contribution in [0, 0.1) is 11.6 Å². The van der Waals surface area contributed by atoms with Gasteiger partial charge in [0.1, 0.15) is 23.3 Å². The topological polar surface area (TPSA) is 83.4 Å². The van der Waals surface area contributed by atoms with Gasteiger partial charge in [-0.3, -0.25) is 4.79 Å². The highest BCUT2D eigenvalue weighted by Crippen LogP contribution is 2.30. The standard InChI is InChI=1S/C19H15F2N3O3/c20-11-1-3-12(4-2-11)23-19(26)24-17-14(9-22-18(17)25)13-7-10-5-6-27-16(10)8-15(13)21/h1-8,14,17H,9H2,(H,22,25)(H2,23,24,26). The number of carbonyl (C=O) groups excluding carboxylic acids is 2. The lowest BCUT2D eigenvalue weighted by Gasteiger charge is -2.19. The average molecular weight is 371 g/mol. The van der Waals surface area contributed by atoms with Gasteiger partial charge in [-0.15, -0.1) is 0 Å². The Hall–Kier alpha value is -3.42. The summed E-state index contributed by atoms with van der Waals surface area (Å²) < 4.78 is 32.6. The van der Waals surface area contributed by atoms with Crippen LogP contribution in [0.2, 0.25) is 0 Å². The van der Waals surface area contributed by atoms with Crippen molar-refractivity contribution >= 4 is 28.6 Å². The molecule has 27 heavy (non-hydrogen) atoms. The van der Waals surface area contributed by atoms with E-state index in [1.807, 2.05) is 0 Å². The van der Waals surface area contributed by atoms with Crippen LogP contribution in [-0.4, -0.2) is 24.5 Å². The number of fused-ring (bicyclic) bond motifs is 1. The summed E-state index contributed by atoms with van der Waals surface area (Å²) >= 11 is 0. The lowest BCUT2D eigenvalue weighted by Crippen LogP contribution is -2.44. The van der Waals surface area contributed by atoms with Crippen LogP contribution in [-0.2, 0) is 4.79 Å². The minimum Gasteiger partial charge on any atom is -0.464 e. The minimum absolute atomic E-state index is 0.195. The molecule has 0 spiro atoms. The number of furan rings is 1. The van der Waals surface area contributed by atoms with Crippen LogP contribution in [0.15, 0.2) is 53.1 Å². The molecule has 2 heterocycles. The molecule has 0 radical (unpaired) electrons. The van der Waals surface area contributed by atoms with Crippen LogP contribution in [0.3, 0.4) is 0 Å². The highest BCUT2D eigenvalue weighted by molar-refractivity contribution is 5.95. The first-order valence-electron chi connectivity index (χ1n) is 8.29. The number of amides is 3. The maximum Gasteiger partial charge on any atom is 0.319 e. The molecule has 6 nitrogen and oxygen atoms in total. The third-order valence-corrected chi connectivity index (χ3v) is 4.54. The van der Waals surface area contributed by atoms with Gasteiger partial charge >= 0.3 is 6.03 Å². The molecule has 3 amide bonds. The number of anilines is 1. The molecule has 1 aliphatic rings. The summed E-state index contributed by atoms with van der Waals surface area (Å²) in [5.74, 6) is -1.91. The van der Waals surface area contributed by atoms with Gasteiger partial charge in [-0.25, -0.2) is 13.6 Å². The first-order chi connectivity index (χ1) is 13.0. The quantitative estimate of drug-likeness (QED) is 0.662. The van der Waals surface area contributed by atoms with Crippen molar-refractivity contribution in [2.45, 2.75) is 12.0 Å². The molecule has 1 fully saturated rings. The molecule has 0 aliphatic carbocycles. The zero-order valence-corrected chi connectivity index (χ0v) is 14.0. The lowest BCUT2D eigenvalue weighted by atomic mass is 9.92. The molecule has 0 saturated carbocycles. The number of hydrogen-bond acceptors (Lipinski definition) is 3. The Kier molecular flexibility index (Phi) is 4.23. The molecule has 4 rings (SSSR count). The highest BCUT2D eigenvalue weighted by Gasteiger charge is 2.38. The fourth-order valence-electron chi connectivity index (χ4n) is 3.20. The number of hydrogen-bond donors (Lipinski definition) is 3. The van der Waals surface area contributed by atoms with Crippen molar-refractivity contribution in [2.24, 2.45) is 0 Å². The van der Waals surface area contributed by atoms with Crippen molar-refractivity contribution in [3.05, 3.63) is 65.9 Å². The van der Waals surface area contributed by atoms with Crippen molar-refractivity contribution in [3.8, 4) is 0 Å². The summed E-state index contributed by atoms with van der Waals surface area (Å²) in [4.78, 5) is 24.4. The van der Waals surface area contributed by atoms with E-state index in [1.54, 1.807) is 12.1 Å². The summed E-state index contributed by atoms with van der Waals surface area (Å²) in [7, 11) is 0. The summed E-state index contributed by atoms with van der Waals surface area (Å²) in [6, 6.07) is 8.21. The second-order valence-corrected chi connectivity index (χ2v) is 6.27. The largest absolute Gasteiger partial charge is 0.464 e. The van der Waals surface area contributed by atoms with Gasteiger partial charge in [0.25, 0.3) is 0 Å². The van der Waals surface area contributed by atoms with Gasteiger partial charge in [-0.05, 0) is 42.0 Å². The van der Waals surface area contributed by atoms with Gasteiger partial charge < -0.3 is 20.4 Å². The molecule has 138 valence electrons. The molecule has 1 aliphatic heterocycles. The van der Waals surface area contributed by atoms with Crippen molar-refractivity contribution < 1.29 is 22.8 Å². The molecule has 2 atom stereocenters. The van der Waals surface area contributed by atoms with Gasteiger partial charge in [-0.2, -0.15) is 0 Å². The summed E-state index contributed by atoms with van der Waals surface area (Å²) in [5.41, 5.74) is 1.09. The zero-order valence-electron chi connectivity index (χ0n) is 14.0. The summed E-state index contributed by atoms with van der Waals surface area (Å²) in [5, 5.41) is 8.44. The Morgan fingerprint density at radius 2 is 1.93 bits per heavy atom. The Labute approximate surface area is 152 Å². The number of halogens is 2. The Morgan fingerprint density at radius 1 is 1.15 bits per heavy atom. The smallest absolute Gasteiger partial charge is 0.319 e. The first kappa shape index (κ1) is 17.0. The van der Waals surface area contributed by atoms with Gasteiger partial charge in [-0.1, -0.05) is 0 Å². The fourth-order valence-corrected chi connectivity index (χ4v) is 3.20. The second-order valence-electron chi connectivity index (χ2n) is 6.27. The molecule has 2 unspecified atom stereocenters. The summed E-state index contributed by atoms with van der Waals surface area (Å²) in [6.07, 6.45) is 1.46. The number of nitrogens with one attached hydrogen (secondary N) is 3. The number of rotatable bonds is 3. The van der Waals surface area contributed by atoms with Crippen molar-refractivity contribution in [1.29, 1.82) is 0 Å². The van der Waals surface area contributed by atoms with Crippen molar-refractivity contribution in [3.63, 3.8) is 0 Å². The lowest BCUT2D eigenvalue weighted by molar-refractivity contribution is -0.120. The van der Waals surface area contributed by atoms with Crippen LogP contribution >= 0.6 is 0 Å². The normalized spacial score (nSPS) is 19.1. The predicted molar refractivity (Wildman–Crippen MR) is 94.3 cm³/mol. The predicted octanol–water partition coefficient (Wildman–Crippen LogP) is 3.11. The van der Waals surface area contributed by atoms with E-state index in [2.05, 4.69) is 16.0 Å². The van der Waals surface area contributed by atoms with E-state index in [-0.39, 0.29) is 6.54 Å². The molecule has 2 aromatic carbocycles. The third-order valence-electron chi connectivity index (χ3n) is 4.54. The highest BCUT2D eigenvalue weighted by atomic mass is 19.1. The molecule has 1 saturated heterocycles. The van der Waals surface area contributed by atoms with Crippen LogP contribution in [0.1, 0.15) is 11.5 Å². The van der Waals surface area contributed by atoms with Gasteiger partial charge in [0.2, 0.25) is 5.91 Å². The monoisotopic (exact) mass is 371 g/mol. The van der Waals surface area contributed by atoms with E-state index >= 15 is 0 Å². The van der Waals surface area contributed by atoms with Crippen LogP contribution in [0.5, 0.6) is 0 Å². The van der Waals surface area contributed by atoms with E-state index in [9.17, 15) is 18.4 Å². The molecule has 8 heteroatoms. The molecular formula is C19H15F2N3O3. The fraction of sp³-hybridized carbons (Fsp3) is 0.158. The van der Waals surface area contributed by atoms with Crippen LogP contribution in [0.25, 0.3) is 11.0 Å². The number of benzene rings is 2. The van der Waals surface area contributed by atoms with E-state index in [0.29, 0.717) is 22.2 Å². The number of urea groups is 1. The Bertz CT molecular complexity index is 1020.